The van der Waals surface area contributed by atoms with Crippen molar-refractivity contribution >= 4 is 17.4 Å². The molecular formula is C23H26N4O5. The summed E-state index contributed by atoms with van der Waals surface area (Å²) in [5, 5.41) is 0. The fourth-order valence-corrected chi connectivity index (χ4v) is 3.23. The Kier molecular flexibility index (Phi) is 7.82. The summed E-state index contributed by atoms with van der Waals surface area (Å²) in [5.41, 5.74) is 5.62. The van der Waals surface area contributed by atoms with Gasteiger partial charge in [-0.2, -0.15) is 0 Å². The molecule has 0 radical (unpaired) electrons. The molecule has 3 N–H and O–H groups in total. The molecule has 0 aliphatic rings. The topological polar surface area (TPSA) is 120 Å². The van der Waals surface area contributed by atoms with Gasteiger partial charge in [-0.3, -0.25) is 19.1 Å². The molecule has 9 heteroatoms. The molecule has 3 aromatic rings. The normalized spacial score (nSPS) is 10.7. The molecule has 1 aromatic heterocycles. The van der Waals surface area contributed by atoms with E-state index in [1.54, 1.807) is 31.4 Å². The van der Waals surface area contributed by atoms with Crippen LogP contribution in [0.25, 0.3) is 0 Å². The minimum absolute atomic E-state index is 0.0849. The molecule has 0 saturated heterocycles. The predicted molar refractivity (Wildman–Crippen MR) is 122 cm³/mol. The summed E-state index contributed by atoms with van der Waals surface area (Å²) in [6.45, 7) is 0.399. The van der Waals surface area contributed by atoms with Crippen LogP contribution in [0, 0.1) is 0 Å². The lowest BCUT2D eigenvalue weighted by molar-refractivity contribution is -0.120. The van der Waals surface area contributed by atoms with Crippen molar-refractivity contribution < 1.29 is 14.3 Å². The Labute approximate surface area is 185 Å². The number of carbonyl (C=O) groups excluding carboxylic acids is 1. The number of hydrogen-bond donors (Lipinski definition) is 2. The van der Waals surface area contributed by atoms with Gasteiger partial charge in [-0.15, -0.1) is 0 Å². The van der Waals surface area contributed by atoms with Crippen LogP contribution in [-0.4, -0.2) is 42.3 Å². The highest BCUT2D eigenvalue weighted by Crippen LogP contribution is 2.19. The first-order valence-electron chi connectivity index (χ1n) is 10.1. The van der Waals surface area contributed by atoms with E-state index in [4.69, 9.17) is 15.2 Å². The number of methoxy groups -OCH3 is 1. The molecule has 0 aliphatic heterocycles. The molecule has 0 fully saturated rings. The Balaban J connectivity index is 1.93. The number of benzene rings is 2. The Bertz CT molecular complexity index is 1140. The highest BCUT2D eigenvalue weighted by molar-refractivity contribution is 5.96. The van der Waals surface area contributed by atoms with Gasteiger partial charge in [0.25, 0.3) is 11.5 Å². The molecule has 0 bridgehead atoms. The van der Waals surface area contributed by atoms with Gasteiger partial charge in [-0.05, 0) is 24.1 Å². The minimum Gasteiger partial charge on any atom is -0.484 e. The van der Waals surface area contributed by atoms with E-state index in [2.05, 4.69) is 4.98 Å². The van der Waals surface area contributed by atoms with Crippen LogP contribution >= 0.6 is 0 Å². The third kappa shape index (κ3) is 5.64. The molecule has 9 nitrogen and oxygen atoms in total. The van der Waals surface area contributed by atoms with Crippen LogP contribution in [0.3, 0.4) is 0 Å². The number of rotatable bonds is 10. The fourth-order valence-electron chi connectivity index (χ4n) is 3.23. The van der Waals surface area contributed by atoms with E-state index in [0.29, 0.717) is 18.8 Å². The molecular weight excluding hydrogens is 412 g/mol. The summed E-state index contributed by atoms with van der Waals surface area (Å²) in [5.74, 6) is -0.0335. The minimum atomic E-state index is -0.734. The highest BCUT2D eigenvalue weighted by atomic mass is 16.5. The van der Waals surface area contributed by atoms with Crippen molar-refractivity contribution in [1.29, 1.82) is 0 Å². The lowest BCUT2D eigenvalue weighted by atomic mass is 10.2. The van der Waals surface area contributed by atoms with Gasteiger partial charge < -0.3 is 20.1 Å². The van der Waals surface area contributed by atoms with E-state index >= 15 is 0 Å². The summed E-state index contributed by atoms with van der Waals surface area (Å²) in [7, 11) is 1.55. The van der Waals surface area contributed by atoms with E-state index in [1.165, 1.54) is 9.47 Å². The van der Waals surface area contributed by atoms with Gasteiger partial charge in [0.15, 0.2) is 12.3 Å². The molecule has 0 saturated carbocycles. The van der Waals surface area contributed by atoms with Gasteiger partial charge in [0.1, 0.15) is 11.6 Å². The molecule has 0 spiro atoms. The second-order valence-electron chi connectivity index (χ2n) is 7.06. The van der Waals surface area contributed by atoms with Gasteiger partial charge in [0.2, 0.25) is 0 Å². The van der Waals surface area contributed by atoms with Crippen LogP contribution in [0.4, 0.5) is 11.5 Å². The van der Waals surface area contributed by atoms with Crippen molar-refractivity contribution in [3.8, 4) is 5.75 Å². The molecule has 0 atom stereocenters. The van der Waals surface area contributed by atoms with E-state index in [1.807, 2.05) is 36.4 Å². The number of nitrogens with one attached hydrogen (secondary N) is 1. The summed E-state index contributed by atoms with van der Waals surface area (Å²) < 4.78 is 11.9. The smallest absolute Gasteiger partial charge is 0.330 e. The van der Waals surface area contributed by atoms with Crippen molar-refractivity contribution in [2.24, 2.45) is 0 Å². The number of H-pyrrole nitrogens is 1. The maximum Gasteiger partial charge on any atom is 0.330 e. The number of hydrogen-bond acceptors (Lipinski definition) is 6. The average molecular weight is 438 g/mol. The standard InChI is InChI=1S/C23H26N4O5/c1-31-14-8-13-26(19(28)16-32-18-11-6-3-7-12-18)20-21(24)27(23(30)25-22(20)29)15-17-9-4-2-5-10-17/h2-7,9-12H,8,13-16,24H2,1H3,(H,25,29,30). The number of carbonyl (C=O) groups is 1. The second-order valence-corrected chi connectivity index (χ2v) is 7.06. The van der Waals surface area contributed by atoms with Gasteiger partial charge in [-0.1, -0.05) is 48.5 Å². The van der Waals surface area contributed by atoms with Crippen molar-refractivity contribution in [3.05, 3.63) is 87.1 Å². The molecule has 168 valence electrons. The number of aromatic amines is 1. The number of amides is 1. The van der Waals surface area contributed by atoms with Crippen LogP contribution in [-0.2, 0) is 16.1 Å². The zero-order chi connectivity index (χ0) is 22.9. The number of nitrogens with two attached hydrogens (primary N) is 1. The third-order valence-electron chi connectivity index (χ3n) is 4.80. The van der Waals surface area contributed by atoms with E-state index in [9.17, 15) is 14.4 Å². The molecule has 2 aromatic carbocycles. The molecule has 0 aliphatic carbocycles. The zero-order valence-corrected chi connectivity index (χ0v) is 17.8. The number of nitrogens with zero attached hydrogens (tertiary/aromatic N) is 2. The van der Waals surface area contributed by atoms with Crippen LogP contribution in [0.15, 0.2) is 70.3 Å². The molecule has 0 unspecified atom stereocenters. The number of anilines is 2. The predicted octanol–water partition coefficient (Wildman–Crippen LogP) is 1.62. The molecule has 1 amide bonds. The van der Waals surface area contributed by atoms with Crippen LogP contribution in [0.5, 0.6) is 5.75 Å². The van der Waals surface area contributed by atoms with Crippen LogP contribution < -0.4 is 26.6 Å². The quantitative estimate of drug-likeness (QED) is 0.464. The number of para-hydroxylation sites is 1. The fraction of sp³-hybridized carbons (Fsp3) is 0.261. The average Bonchev–Trinajstić information content (AvgIpc) is 2.80. The lowest BCUT2D eigenvalue weighted by Gasteiger charge is -2.24. The number of aromatic nitrogens is 2. The lowest BCUT2D eigenvalue weighted by Crippen LogP contribution is -2.43. The monoisotopic (exact) mass is 438 g/mol. The SMILES string of the molecule is COCCCN(C(=O)COc1ccccc1)c1c(N)n(Cc2ccccc2)c(=O)[nH]c1=O. The van der Waals surface area contributed by atoms with Gasteiger partial charge >= 0.3 is 5.69 Å². The van der Waals surface area contributed by atoms with Crippen LogP contribution in [0.1, 0.15) is 12.0 Å². The molecule has 3 rings (SSSR count). The van der Waals surface area contributed by atoms with E-state index in [-0.39, 0.29) is 31.2 Å². The Morgan fingerprint density at radius 3 is 2.38 bits per heavy atom. The van der Waals surface area contributed by atoms with Gasteiger partial charge in [0, 0.05) is 20.3 Å². The van der Waals surface area contributed by atoms with Crippen molar-refractivity contribution in [3.63, 3.8) is 0 Å². The number of ether oxygens (including phenoxy) is 2. The second kappa shape index (κ2) is 11.0. The maximum absolute atomic E-state index is 13.0. The molecule has 1 heterocycles. The Hall–Kier alpha value is -3.85. The Morgan fingerprint density at radius 1 is 1.06 bits per heavy atom. The van der Waals surface area contributed by atoms with Crippen molar-refractivity contribution in [2.45, 2.75) is 13.0 Å². The van der Waals surface area contributed by atoms with E-state index in [0.717, 1.165) is 5.56 Å². The van der Waals surface area contributed by atoms with Crippen LogP contribution in [0.2, 0.25) is 0 Å². The summed E-state index contributed by atoms with van der Waals surface area (Å²) >= 11 is 0. The summed E-state index contributed by atoms with van der Waals surface area (Å²) in [6, 6.07) is 18.1. The largest absolute Gasteiger partial charge is 0.484 e. The zero-order valence-electron chi connectivity index (χ0n) is 17.8. The van der Waals surface area contributed by atoms with Crippen molar-refractivity contribution in [2.75, 3.05) is 37.5 Å². The first-order valence-corrected chi connectivity index (χ1v) is 10.1. The molecule has 32 heavy (non-hydrogen) atoms. The first-order chi connectivity index (χ1) is 15.5. The highest BCUT2D eigenvalue weighted by Gasteiger charge is 2.24. The summed E-state index contributed by atoms with van der Waals surface area (Å²) in [6.07, 6.45) is 0.463. The maximum atomic E-state index is 13.0. The third-order valence-corrected chi connectivity index (χ3v) is 4.80. The Morgan fingerprint density at radius 2 is 1.72 bits per heavy atom. The first kappa shape index (κ1) is 22.8. The number of nitrogen functional groups attached to an aromatic ring is 1. The van der Waals surface area contributed by atoms with Gasteiger partial charge in [-0.25, -0.2) is 4.79 Å². The van der Waals surface area contributed by atoms with E-state index < -0.39 is 17.2 Å². The van der Waals surface area contributed by atoms with Gasteiger partial charge in [0.05, 0.1) is 6.54 Å². The summed E-state index contributed by atoms with van der Waals surface area (Å²) in [4.78, 5) is 41.7. The van der Waals surface area contributed by atoms with Crippen molar-refractivity contribution in [1.82, 2.24) is 9.55 Å².